The molecule has 0 bridgehead atoms. The first kappa shape index (κ1) is 24.2. The van der Waals surface area contributed by atoms with Crippen molar-refractivity contribution in [3.05, 3.63) is 10.4 Å². The zero-order valence-corrected chi connectivity index (χ0v) is 16.9. The number of nitrogens with two attached hydrogens (primary N) is 2. The van der Waals surface area contributed by atoms with Gasteiger partial charge in [-0.25, -0.2) is 0 Å². The van der Waals surface area contributed by atoms with Crippen LogP contribution >= 0.6 is 0 Å². The van der Waals surface area contributed by atoms with Crippen molar-refractivity contribution in [2.45, 2.75) is 80.6 Å². The second kappa shape index (κ2) is 10.8. The topological polar surface area (TPSA) is 201 Å². The molecule has 1 saturated heterocycles. The van der Waals surface area contributed by atoms with Crippen LogP contribution < -0.4 is 16.8 Å². The van der Waals surface area contributed by atoms with Crippen molar-refractivity contribution in [2.75, 3.05) is 26.8 Å². The number of ether oxygens (including phenoxy) is 3. The van der Waals surface area contributed by atoms with E-state index in [2.05, 4.69) is 15.3 Å². The van der Waals surface area contributed by atoms with Gasteiger partial charge in [0, 0.05) is 30.1 Å². The van der Waals surface area contributed by atoms with Gasteiger partial charge in [-0.3, -0.25) is 0 Å². The van der Waals surface area contributed by atoms with E-state index in [1.54, 1.807) is 14.0 Å². The molecule has 29 heavy (non-hydrogen) atoms. The summed E-state index contributed by atoms with van der Waals surface area (Å²) in [6, 6.07) is -1.78. The van der Waals surface area contributed by atoms with E-state index in [4.69, 9.17) is 31.2 Å². The lowest BCUT2D eigenvalue weighted by atomic mass is 9.84. The summed E-state index contributed by atoms with van der Waals surface area (Å²) >= 11 is 0. The minimum Gasteiger partial charge on any atom is -0.389 e. The van der Waals surface area contributed by atoms with Gasteiger partial charge in [0.15, 0.2) is 6.29 Å². The third-order valence-corrected chi connectivity index (χ3v) is 5.52. The van der Waals surface area contributed by atoms with Crippen molar-refractivity contribution < 1.29 is 29.5 Å². The molecule has 9 atom stereocenters. The highest BCUT2D eigenvalue weighted by Gasteiger charge is 2.50. The minimum atomic E-state index is -1.27. The number of aliphatic hydroxyl groups excluding tert-OH is 2. The lowest BCUT2D eigenvalue weighted by Gasteiger charge is -2.47. The normalized spacial score (nSPS) is 43.0. The molecular formula is C17H34N6O6. The maximum atomic E-state index is 10.6. The molecule has 0 aromatic heterocycles. The van der Waals surface area contributed by atoms with Crippen LogP contribution in [0, 0.1) is 0 Å². The van der Waals surface area contributed by atoms with E-state index in [1.807, 2.05) is 0 Å². The number of likely N-dealkylation sites (N-methyl/N-ethyl adjacent to an activating group) is 1. The fourth-order valence-electron chi connectivity index (χ4n) is 3.91. The molecule has 2 aliphatic rings. The van der Waals surface area contributed by atoms with Crippen molar-refractivity contribution in [2.24, 2.45) is 16.6 Å². The molecule has 2 rings (SSSR count). The highest BCUT2D eigenvalue weighted by molar-refractivity contribution is 5.01. The Morgan fingerprint density at radius 3 is 2.62 bits per heavy atom. The average Bonchev–Trinajstić information content (AvgIpc) is 2.66. The molecule has 2 fully saturated rings. The largest absolute Gasteiger partial charge is 0.389 e. The highest BCUT2D eigenvalue weighted by Crippen LogP contribution is 2.30. The van der Waals surface area contributed by atoms with E-state index in [9.17, 15) is 15.3 Å². The number of hydrogen-bond donors (Lipinski definition) is 6. The molecule has 1 aliphatic carbocycles. The maximum absolute atomic E-state index is 10.6. The van der Waals surface area contributed by atoms with Gasteiger partial charge >= 0.3 is 0 Å². The summed E-state index contributed by atoms with van der Waals surface area (Å²) in [6.45, 7) is 2.17. The summed E-state index contributed by atoms with van der Waals surface area (Å²) in [4.78, 5) is 2.69. The minimum absolute atomic E-state index is 0.0464. The summed E-state index contributed by atoms with van der Waals surface area (Å²) in [5, 5.41) is 37.9. The molecule has 1 aliphatic heterocycles. The molecule has 168 valence electrons. The molecule has 12 heteroatoms. The summed E-state index contributed by atoms with van der Waals surface area (Å²) in [6.07, 6.45) is -3.21. The Balaban J connectivity index is 2.03. The third kappa shape index (κ3) is 5.98. The molecule has 0 amide bonds. The van der Waals surface area contributed by atoms with Crippen LogP contribution in [0.2, 0.25) is 0 Å². The van der Waals surface area contributed by atoms with Crippen molar-refractivity contribution >= 4 is 0 Å². The van der Waals surface area contributed by atoms with Crippen LogP contribution in [0.5, 0.6) is 0 Å². The predicted molar refractivity (Wildman–Crippen MR) is 104 cm³/mol. The van der Waals surface area contributed by atoms with Crippen molar-refractivity contribution in [3.63, 3.8) is 0 Å². The number of hydrogen-bond acceptors (Lipinski definition) is 10. The van der Waals surface area contributed by atoms with Crippen LogP contribution in [0.15, 0.2) is 5.11 Å². The van der Waals surface area contributed by atoms with Gasteiger partial charge in [0.1, 0.15) is 23.9 Å². The second-order valence-corrected chi connectivity index (χ2v) is 7.95. The first-order valence-electron chi connectivity index (χ1n) is 9.89. The van der Waals surface area contributed by atoms with Crippen LogP contribution in [-0.4, -0.2) is 96.6 Å². The molecule has 0 spiro atoms. The van der Waals surface area contributed by atoms with Gasteiger partial charge in [0.25, 0.3) is 0 Å². The van der Waals surface area contributed by atoms with Crippen LogP contribution in [0.1, 0.15) is 26.2 Å². The quantitative estimate of drug-likeness (QED) is 0.109. The van der Waals surface area contributed by atoms with E-state index < -0.39 is 54.4 Å². The predicted octanol–water partition coefficient (Wildman–Crippen LogP) is -1.68. The van der Waals surface area contributed by atoms with Crippen LogP contribution in [-0.2, 0) is 14.2 Å². The Bertz CT molecular complexity index is 563. The fourth-order valence-corrected chi connectivity index (χ4v) is 3.91. The third-order valence-electron chi connectivity index (χ3n) is 5.52. The molecule has 1 heterocycles. The van der Waals surface area contributed by atoms with Gasteiger partial charge in [-0.15, -0.1) is 0 Å². The van der Waals surface area contributed by atoms with Gasteiger partial charge in [-0.05, 0) is 38.8 Å². The lowest BCUT2D eigenvalue weighted by Crippen LogP contribution is -2.68. The van der Waals surface area contributed by atoms with Crippen LogP contribution in [0.25, 0.3) is 10.4 Å². The lowest BCUT2D eigenvalue weighted by molar-refractivity contribution is -0.299. The number of rotatable bonds is 9. The molecular weight excluding hydrogens is 384 g/mol. The SMILES string of the molecule is CN[C@@H]1[C@@H](O)[C@@H](O[C@@H]2[C@@H](OCCCCN=[N+]=[N-])[C@H](O)[C@@H](N)C[C@H]2N)OC[C@]1(C)O. The standard InChI is InChI=1S/C17H34N6O6/c1-17(26)8-28-16(12(25)15(17)21-2)29-13-10(19)7-9(18)11(24)14(13)27-6-4-3-5-22-23-20/h9-16,21,24-26H,3-8,18-19H2,1-2H3/t9-,10+,11+,12+,13-,14-,15+,16+,17-/m0/s1. The second-order valence-electron chi connectivity index (χ2n) is 7.95. The van der Waals surface area contributed by atoms with Gasteiger partial charge in [0.2, 0.25) is 0 Å². The molecule has 0 unspecified atom stereocenters. The monoisotopic (exact) mass is 418 g/mol. The number of unbranched alkanes of at least 4 members (excludes halogenated alkanes) is 1. The van der Waals surface area contributed by atoms with E-state index in [0.29, 0.717) is 32.4 Å². The van der Waals surface area contributed by atoms with Gasteiger partial charge in [-0.2, -0.15) is 0 Å². The van der Waals surface area contributed by atoms with E-state index in [1.165, 1.54) is 0 Å². The molecule has 0 aromatic carbocycles. The fraction of sp³-hybridized carbons (Fsp3) is 1.00. The molecule has 0 radical (unpaired) electrons. The Kier molecular flexibility index (Phi) is 9.04. The van der Waals surface area contributed by atoms with Gasteiger partial charge < -0.3 is 46.3 Å². The zero-order chi connectivity index (χ0) is 21.6. The Labute approximate surface area is 170 Å². The molecule has 12 nitrogen and oxygen atoms in total. The Morgan fingerprint density at radius 2 is 1.97 bits per heavy atom. The number of azide groups is 1. The maximum Gasteiger partial charge on any atom is 0.185 e. The van der Waals surface area contributed by atoms with Crippen LogP contribution in [0.4, 0.5) is 0 Å². The first-order valence-corrected chi connectivity index (χ1v) is 9.89. The summed E-state index contributed by atoms with van der Waals surface area (Å²) in [5.74, 6) is 0. The summed E-state index contributed by atoms with van der Waals surface area (Å²) in [5.41, 5.74) is 19.2. The van der Waals surface area contributed by atoms with Crippen molar-refractivity contribution in [3.8, 4) is 0 Å². The molecule has 8 N–H and O–H groups in total. The van der Waals surface area contributed by atoms with Gasteiger partial charge in [-0.1, -0.05) is 5.11 Å². The molecule has 0 aromatic rings. The molecule has 1 saturated carbocycles. The van der Waals surface area contributed by atoms with E-state index in [-0.39, 0.29) is 6.61 Å². The first-order chi connectivity index (χ1) is 13.7. The summed E-state index contributed by atoms with van der Waals surface area (Å²) in [7, 11) is 1.63. The summed E-state index contributed by atoms with van der Waals surface area (Å²) < 4.78 is 17.3. The van der Waals surface area contributed by atoms with Crippen molar-refractivity contribution in [1.82, 2.24) is 5.32 Å². The van der Waals surface area contributed by atoms with Crippen molar-refractivity contribution in [1.29, 1.82) is 0 Å². The van der Waals surface area contributed by atoms with Gasteiger partial charge in [0.05, 0.1) is 18.8 Å². The number of nitrogens with zero attached hydrogens (tertiary/aromatic N) is 3. The number of nitrogens with one attached hydrogen (secondary N) is 1. The van der Waals surface area contributed by atoms with E-state index >= 15 is 0 Å². The smallest absolute Gasteiger partial charge is 0.185 e. The Morgan fingerprint density at radius 1 is 1.24 bits per heavy atom. The van der Waals surface area contributed by atoms with E-state index in [0.717, 1.165) is 0 Å². The highest BCUT2D eigenvalue weighted by atomic mass is 16.7. The average molecular weight is 418 g/mol. The number of aliphatic hydroxyl groups is 3. The zero-order valence-electron chi connectivity index (χ0n) is 16.9. The van der Waals surface area contributed by atoms with Crippen LogP contribution in [0.3, 0.4) is 0 Å². The Hall–Kier alpha value is -1.05.